The largest absolute Gasteiger partial charge is 0.381 e. The molecule has 0 radical (unpaired) electrons. The zero-order chi connectivity index (χ0) is 20.5. The number of nitrogens with one attached hydrogen (secondary N) is 2. The molecule has 1 saturated carbocycles. The summed E-state index contributed by atoms with van der Waals surface area (Å²) in [6, 6.07) is 3.59. The molecular weight excluding hydrogens is 535 g/mol. The number of thiophene rings is 1. The second kappa shape index (κ2) is 13.2. The summed E-state index contributed by atoms with van der Waals surface area (Å²) in [4.78, 5) is 5.55. The lowest BCUT2D eigenvalue weighted by atomic mass is 10.2. The molecule has 0 atom stereocenters. The molecule has 0 bridgehead atoms. The van der Waals surface area contributed by atoms with Gasteiger partial charge in [0.2, 0.25) is 0 Å². The predicted molar refractivity (Wildman–Crippen MR) is 133 cm³/mol. The van der Waals surface area contributed by atoms with E-state index in [0.29, 0.717) is 23.8 Å². The maximum atomic E-state index is 12.8. The van der Waals surface area contributed by atoms with Crippen molar-refractivity contribution >= 4 is 51.3 Å². The summed E-state index contributed by atoms with van der Waals surface area (Å²) >= 11 is 1.32. The molecular formula is C20H35IN4O3S2. The van der Waals surface area contributed by atoms with E-state index < -0.39 is 10.0 Å². The third-order valence-corrected chi connectivity index (χ3v) is 8.53. The number of nitrogens with zero attached hydrogens (tertiary/aromatic N) is 2. The Hall–Kier alpha value is -0.430. The SMILES string of the molecule is CCNC(=NCc1ccc(S(=O)(=O)N2CCCCC2)s1)NCCCOCC1CC1.I. The van der Waals surface area contributed by atoms with Crippen LogP contribution in [0.4, 0.5) is 0 Å². The minimum absolute atomic E-state index is 0. The Morgan fingerprint density at radius 2 is 2.00 bits per heavy atom. The predicted octanol–water partition coefficient (Wildman–Crippen LogP) is 3.41. The van der Waals surface area contributed by atoms with E-state index in [2.05, 4.69) is 15.6 Å². The molecule has 10 heteroatoms. The van der Waals surface area contributed by atoms with Gasteiger partial charge in [-0.2, -0.15) is 4.31 Å². The molecule has 2 N–H and O–H groups in total. The molecule has 0 amide bonds. The number of sulfonamides is 1. The van der Waals surface area contributed by atoms with E-state index in [1.54, 1.807) is 10.4 Å². The number of rotatable bonds is 11. The molecule has 7 nitrogen and oxygen atoms in total. The fourth-order valence-corrected chi connectivity index (χ4v) is 6.18. The van der Waals surface area contributed by atoms with Crippen molar-refractivity contribution in [2.24, 2.45) is 10.9 Å². The van der Waals surface area contributed by atoms with Gasteiger partial charge in [0, 0.05) is 44.3 Å². The number of guanidine groups is 1. The van der Waals surface area contributed by atoms with Crippen LogP contribution in [0.2, 0.25) is 0 Å². The van der Waals surface area contributed by atoms with Gasteiger partial charge in [-0.05, 0) is 57.1 Å². The highest BCUT2D eigenvalue weighted by molar-refractivity contribution is 14.0. The molecule has 1 saturated heterocycles. The van der Waals surface area contributed by atoms with Crippen molar-refractivity contribution in [1.82, 2.24) is 14.9 Å². The van der Waals surface area contributed by atoms with E-state index >= 15 is 0 Å². The number of hydrogen-bond donors (Lipinski definition) is 2. The molecule has 1 aliphatic heterocycles. The minimum Gasteiger partial charge on any atom is -0.381 e. The van der Waals surface area contributed by atoms with E-state index in [0.717, 1.165) is 68.7 Å². The molecule has 0 unspecified atom stereocenters. The van der Waals surface area contributed by atoms with Gasteiger partial charge in [0.05, 0.1) is 6.54 Å². The van der Waals surface area contributed by atoms with Crippen LogP contribution < -0.4 is 10.6 Å². The van der Waals surface area contributed by atoms with Crippen LogP contribution in [0.3, 0.4) is 0 Å². The molecule has 2 aliphatic rings. The summed E-state index contributed by atoms with van der Waals surface area (Å²) in [6.07, 6.45) is 6.59. The number of ether oxygens (including phenoxy) is 1. The summed E-state index contributed by atoms with van der Waals surface area (Å²) in [7, 11) is -3.36. The second-order valence-corrected chi connectivity index (χ2v) is 11.0. The van der Waals surface area contributed by atoms with Crippen LogP contribution in [-0.2, 0) is 21.3 Å². The van der Waals surface area contributed by atoms with E-state index in [1.807, 2.05) is 13.0 Å². The number of aliphatic imine (C=N–C) groups is 1. The maximum Gasteiger partial charge on any atom is 0.252 e. The molecule has 2 fully saturated rings. The Morgan fingerprint density at radius 1 is 1.23 bits per heavy atom. The van der Waals surface area contributed by atoms with E-state index in [1.165, 1.54) is 24.2 Å². The maximum absolute atomic E-state index is 12.8. The van der Waals surface area contributed by atoms with Crippen molar-refractivity contribution < 1.29 is 13.2 Å². The van der Waals surface area contributed by atoms with Gasteiger partial charge in [0.15, 0.2) is 5.96 Å². The molecule has 2 heterocycles. The van der Waals surface area contributed by atoms with Gasteiger partial charge >= 0.3 is 0 Å². The summed E-state index contributed by atoms with van der Waals surface area (Å²) in [5.41, 5.74) is 0. The van der Waals surface area contributed by atoms with E-state index in [-0.39, 0.29) is 24.0 Å². The first kappa shape index (κ1) is 25.8. The molecule has 0 aromatic carbocycles. The lowest BCUT2D eigenvalue weighted by molar-refractivity contribution is 0.123. The first-order valence-electron chi connectivity index (χ1n) is 10.8. The fourth-order valence-electron chi connectivity index (χ4n) is 3.23. The lowest BCUT2D eigenvalue weighted by Gasteiger charge is -2.25. The van der Waals surface area contributed by atoms with E-state index in [4.69, 9.17) is 4.74 Å². The summed E-state index contributed by atoms with van der Waals surface area (Å²) in [5.74, 6) is 1.56. The number of hydrogen-bond acceptors (Lipinski definition) is 5. The zero-order valence-electron chi connectivity index (χ0n) is 17.8. The third kappa shape index (κ3) is 8.25. The monoisotopic (exact) mass is 570 g/mol. The Morgan fingerprint density at radius 3 is 2.70 bits per heavy atom. The molecule has 30 heavy (non-hydrogen) atoms. The fraction of sp³-hybridized carbons (Fsp3) is 0.750. The quantitative estimate of drug-likeness (QED) is 0.185. The van der Waals surface area contributed by atoms with Crippen LogP contribution in [0.5, 0.6) is 0 Å². The number of halogens is 1. The Balaban J connectivity index is 0.00000320. The van der Waals surface area contributed by atoms with Crippen molar-refractivity contribution in [2.45, 2.75) is 56.2 Å². The molecule has 1 aliphatic carbocycles. The molecule has 172 valence electrons. The summed E-state index contributed by atoms with van der Waals surface area (Å²) < 4.78 is 33.3. The third-order valence-electron chi connectivity index (χ3n) is 5.09. The van der Waals surface area contributed by atoms with Crippen molar-refractivity contribution in [2.75, 3.05) is 39.4 Å². The zero-order valence-corrected chi connectivity index (χ0v) is 21.7. The van der Waals surface area contributed by atoms with Crippen LogP contribution in [0.25, 0.3) is 0 Å². The average molecular weight is 571 g/mol. The minimum atomic E-state index is -3.36. The average Bonchev–Trinajstić information content (AvgIpc) is 3.43. The Labute approximate surface area is 202 Å². The summed E-state index contributed by atoms with van der Waals surface area (Å²) in [5, 5.41) is 6.56. The van der Waals surface area contributed by atoms with Gasteiger partial charge in [-0.3, -0.25) is 0 Å². The van der Waals surface area contributed by atoms with Crippen LogP contribution in [0.1, 0.15) is 50.3 Å². The van der Waals surface area contributed by atoms with E-state index in [9.17, 15) is 8.42 Å². The van der Waals surface area contributed by atoms with Crippen LogP contribution in [0.15, 0.2) is 21.3 Å². The lowest BCUT2D eigenvalue weighted by Crippen LogP contribution is -2.38. The van der Waals surface area contributed by atoms with Gasteiger partial charge in [-0.1, -0.05) is 6.42 Å². The standard InChI is InChI=1S/C20H34N4O3S2.HI/c1-2-21-20(22-11-6-14-27-16-17-7-8-17)23-15-18-9-10-19(28-18)29(25,26)24-12-4-3-5-13-24;/h9-10,17H,2-8,11-16H2,1H3,(H2,21,22,23);1H. The Kier molecular flexibility index (Phi) is 11.4. The van der Waals surface area contributed by atoms with Gasteiger partial charge in [-0.25, -0.2) is 13.4 Å². The van der Waals surface area contributed by atoms with Crippen molar-refractivity contribution in [3.63, 3.8) is 0 Å². The number of piperidine rings is 1. The van der Waals surface area contributed by atoms with Crippen LogP contribution in [0, 0.1) is 5.92 Å². The molecule has 1 aromatic heterocycles. The van der Waals surface area contributed by atoms with Gasteiger partial charge in [0.25, 0.3) is 10.0 Å². The van der Waals surface area contributed by atoms with Gasteiger partial charge < -0.3 is 15.4 Å². The van der Waals surface area contributed by atoms with Crippen LogP contribution in [-0.4, -0.2) is 58.1 Å². The van der Waals surface area contributed by atoms with Crippen molar-refractivity contribution in [1.29, 1.82) is 0 Å². The second-order valence-electron chi connectivity index (χ2n) is 7.68. The van der Waals surface area contributed by atoms with Gasteiger partial charge in [-0.15, -0.1) is 35.3 Å². The van der Waals surface area contributed by atoms with Crippen molar-refractivity contribution in [3.05, 3.63) is 17.0 Å². The highest BCUT2D eigenvalue weighted by atomic mass is 127. The first-order chi connectivity index (χ1) is 14.1. The normalized spacial score (nSPS) is 18.1. The molecule has 1 aromatic rings. The van der Waals surface area contributed by atoms with Crippen molar-refractivity contribution in [3.8, 4) is 0 Å². The molecule has 0 spiro atoms. The topological polar surface area (TPSA) is 83.0 Å². The highest BCUT2D eigenvalue weighted by Gasteiger charge is 2.27. The highest BCUT2D eigenvalue weighted by Crippen LogP contribution is 2.29. The van der Waals surface area contributed by atoms with Crippen LogP contribution >= 0.6 is 35.3 Å². The smallest absolute Gasteiger partial charge is 0.252 e. The Bertz CT molecular complexity index is 760. The molecule has 3 rings (SSSR count). The summed E-state index contributed by atoms with van der Waals surface area (Å²) in [6.45, 7) is 7.01. The van der Waals surface area contributed by atoms with Gasteiger partial charge in [0.1, 0.15) is 4.21 Å². The first-order valence-corrected chi connectivity index (χ1v) is 13.0.